The predicted molar refractivity (Wildman–Crippen MR) is 70.8 cm³/mol. The van der Waals surface area contributed by atoms with E-state index in [0.29, 0.717) is 5.56 Å². The minimum absolute atomic E-state index is 0.00829. The summed E-state index contributed by atoms with van der Waals surface area (Å²) in [6.45, 7) is 5.61. The maximum atomic E-state index is 11.5. The first-order valence-electron chi connectivity index (χ1n) is 6.03. The summed E-state index contributed by atoms with van der Waals surface area (Å²) in [7, 11) is 0. The molecule has 0 aliphatic rings. The monoisotopic (exact) mass is 266 g/mol. The molecule has 1 amide bonds. The molecular weight excluding hydrogens is 248 g/mol. The van der Waals surface area contributed by atoms with Crippen molar-refractivity contribution < 1.29 is 14.5 Å². The molecule has 19 heavy (non-hydrogen) atoms. The first-order chi connectivity index (χ1) is 8.91. The molecule has 1 rings (SSSR count). The Kier molecular flexibility index (Phi) is 5.44. The third-order valence-corrected chi connectivity index (χ3v) is 2.64. The number of nitrogens with zero attached hydrogens (tertiary/aromatic N) is 1. The number of rotatable bonds is 6. The maximum absolute atomic E-state index is 11.5. The van der Waals surface area contributed by atoms with Crippen LogP contribution < -0.4 is 5.32 Å². The zero-order valence-corrected chi connectivity index (χ0v) is 11.3. The molecule has 1 aromatic rings. The number of amides is 1. The first kappa shape index (κ1) is 15.1. The summed E-state index contributed by atoms with van der Waals surface area (Å²) < 4.78 is 5.16. The zero-order valence-electron chi connectivity index (χ0n) is 11.3. The maximum Gasteiger partial charge on any atom is 0.272 e. The van der Waals surface area contributed by atoms with E-state index in [4.69, 9.17) is 4.74 Å². The van der Waals surface area contributed by atoms with Gasteiger partial charge in [-0.1, -0.05) is 12.1 Å². The second-order valence-electron chi connectivity index (χ2n) is 4.45. The number of ether oxygens (including phenoxy) is 1. The van der Waals surface area contributed by atoms with E-state index in [1.165, 1.54) is 6.07 Å². The zero-order chi connectivity index (χ0) is 14.4. The molecule has 0 saturated heterocycles. The van der Waals surface area contributed by atoms with Gasteiger partial charge < -0.3 is 10.1 Å². The van der Waals surface area contributed by atoms with Crippen LogP contribution >= 0.6 is 0 Å². The second kappa shape index (κ2) is 6.84. The molecular formula is C13H18N2O4. The Morgan fingerprint density at radius 2 is 2.16 bits per heavy atom. The van der Waals surface area contributed by atoms with E-state index in [1.807, 2.05) is 13.8 Å². The first-order valence-corrected chi connectivity index (χ1v) is 6.03. The Morgan fingerprint density at radius 1 is 1.47 bits per heavy atom. The average molecular weight is 266 g/mol. The van der Waals surface area contributed by atoms with Crippen LogP contribution in [0.5, 0.6) is 0 Å². The number of nitro benzene ring substituents is 1. The van der Waals surface area contributed by atoms with E-state index in [-0.39, 0.29) is 30.9 Å². The Labute approximate surface area is 111 Å². The van der Waals surface area contributed by atoms with Crippen LogP contribution in [0, 0.1) is 17.0 Å². The van der Waals surface area contributed by atoms with Gasteiger partial charge in [0, 0.05) is 18.2 Å². The molecule has 0 spiro atoms. The molecule has 6 heteroatoms. The van der Waals surface area contributed by atoms with Gasteiger partial charge in [0.1, 0.15) is 6.61 Å². The van der Waals surface area contributed by atoms with Crippen LogP contribution in [0.2, 0.25) is 0 Å². The molecule has 0 unspecified atom stereocenters. The summed E-state index contributed by atoms with van der Waals surface area (Å²) in [6.07, 6.45) is -0.00898. The Morgan fingerprint density at radius 3 is 2.74 bits per heavy atom. The van der Waals surface area contributed by atoms with Crippen molar-refractivity contribution in [1.82, 2.24) is 5.32 Å². The van der Waals surface area contributed by atoms with E-state index < -0.39 is 4.92 Å². The number of carbonyl (C=O) groups excluding carboxylic acids is 1. The highest BCUT2D eigenvalue weighted by Gasteiger charge is 2.13. The van der Waals surface area contributed by atoms with E-state index in [9.17, 15) is 14.9 Å². The average Bonchev–Trinajstić information content (AvgIpc) is 2.34. The topological polar surface area (TPSA) is 81.5 Å². The highest BCUT2D eigenvalue weighted by molar-refractivity contribution is 5.77. The normalized spacial score (nSPS) is 10.5. The Bertz CT molecular complexity index is 472. The molecule has 1 aromatic carbocycles. The van der Waals surface area contributed by atoms with E-state index in [2.05, 4.69) is 5.32 Å². The fraction of sp³-hybridized carbons (Fsp3) is 0.462. The molecule has 0 aromatic heterocycles. The number of hydrogen-bond donors (Lipinski definition) is 1. The summed E-state index contributed by atoms with van der Waals surface area (Å²) in [5, 5.41) is 13.5. The predicted octanol–water partition coefficient (Wildman–Crippen LogP) is 1.94. The van der Waals surface area contributed by atoms with Crippen molar-refractivity contribution in [2.75, 3.05) is 6.61 Å². The molecule has 0 aliphatic carbocycles. The fourth-order valence-corrected chi connectivity index (χ4v) is 1.55. The van der Waals surface area contributed by atoms with E-state index in [0.717, 1.165) is 5.56 Å². The highest BCUT2D eigenvalue weighted by atomic mass is 16.6. The lowest BCUT2D eigenvalue weighted by molar-refractivity contribution is -0.385. The lowest BCUT2D eigenvalue weighted by Crippen LogP contribution is -2.28. The molecule has 0 fully saturated rings. The van der Waals surface area contributed by atoms with Crippen molar-refractivity contribution in [3.63, 3.8) is 0 Å². The van der Waals surface area contributed by atoms with Gasteiger partial charge in [-0.25, -0.2) is 0 Å². The van der Waals surface area contributed by atoms with Gasteiger partial charge in [0.25, 0.3) is 5.69 Å². The number of nitrogens with one attached hydrogen (secondary N) is 1. The SMILES string of the molecule is Cc1c(CNC(=O)COC(C)C)cccc1[N+](=O)[O-]. The number of hydrogen-bond acceptors (Lipinski definition) is 4. The van der Waals surface area contributed by atoms with Crippen molar-refractivity contribution in [2.45, 2.75) is 33.4 Å². The minimum Gasteiger partial charge on any atom is -0.369 e. The van der Waals surface area contributed by atoms with Crippen molar-refractivity contribution >= 4 is 11.6 Å². The van der Waals surface area contributed by atoms with Crippen LogP contribution in [0.4, 0.5) is 5.69 Å². The molecule has 0 heterocycles. The van der Waals surface area contributed by atoms with Gasteiger partial charge in [0.2, 0.25) is 5.91 Å². The van der Waals surface area contributed by atoms with Crippen LogP contribution in [0.3, 0.4) is 0 Å². The lowest BCUT2D eigenvalue weighted by Gasteiger charge is -2.10. The summed E-state index contributed by atoms with van der Waals surface area (Å²) in [4.78, 5) is 21.8. The summed E-state index contributed by atoms with van der Waals surface area (Å²) in [6, 6.07) is 4.81. The van der Waals surface area contributed by atoms with Crippen LogP contribution in [0.15, 0.2) is 18.2 Å². The Balaban J connectivity index is 2.61. The van der Waals surface area contributed by atoms with Crippen LogP contribution in [-0.2, 0) is 16.1 Å². The van der Waals surface area contributed by atoms with Crippen LogP contribution in [0.1, 0.15) is 25.0 Å². The minimum atomic E-state index is -0.428. The Hall–Kier alpha value is -1.95. The van der Waals surface area contributed by atoms with E-state index >= 15 is 0 Å². The van der Waals surface area contributed by atoms with Crippen molar-refractivity contribution in [1.29, 1.82) is 0 Å². The van der Waals surface area contributed by atoms with Gasteiger partial charge in [-0.15, -0.1) is 0 Å². The summed E-state index contributed by atoms with van der Waals surface area (Å²) in [5.41, 5.74) is 1.36. The molecule has 1 N–H and O–H groups in total. The lowest BCUT2D eigenvalue weighted by atomic mass is 10.1. The molecule has 0 bridgehead atoms. The standard InChI is InChI=1S/C13H18N2O4/c1-9(2)19-8-13(16)14-7-11-5-4-6-12(10(11)3)15(17)18/h4-6,9H,7-8H2,1-3H3,(H,14,16). The van der Waals surface area contributed by atoms with Crippen LogP contribution in [0.25, 0.3) is 0 Å². The highest BCUT2D eigenvalue weighted by Crippen LogP contribution is 2.20. The van der Waals surface area contributed by atoms with Crippen molar-refractivity contribution in [2.24, 2.45) is 0 Å². The largest absolute Gasteiger partial charge is 0.369 e. The fourth-order valence-electron chi connectivity index (χ4n) is 1.55. The third-order valence-electron chi connectivity index (χ3n) is 2.64. The van der Waals surface area contributed by atoms with Crippen molar-refractivity contribution in [3.05, 3.63) is 39.4 Å². The molecule has 0 saturated carbocycles. The van der Waals surface area contributed by atoms with Crippen molar-refractivity contribution in [3.8, 4) is 0 Å². The third kappa shape index (κ3) is 4.67. The molecule has 6 nitrogen and oxygen atoms in total. The molecule has 0 radical (unpaired) electrons. The van der Waals surface area contributed by atoms with Crippen LogP contribution in [-0.4, -0.2) is 23.5 Å². The summed E-state index contributed by atoms with van der Waals surface area (Å²) in [5.74, 6) is -0.236. The van der Waals surface area contributed by atoms with Gasteiger partial charge in [0.05, 0.1) is 11.0 Å². The van der Waals surface area contributed by atoms with Gasteiger partial charge in [-0.05, 0) is 26.3 Å². The van der Waals surface area contributed by atoms with E-state index in [1.54, 1.807) is 19.1 Å². The van der Waals surface area contributed by atoms with Gasteiger partial charge >= 0.3 is 0 Å². The van der Waals surface area contributed by atoms with Gasteiger partial charge in [-0.2, -0.15) is 0 Å². The molecule has 0 aliphatic heterocycles. The summed E-state index contributed by atoms with van der Waals surface area (Å²) >= 11 is 0. The quantitative estimate of drug-likeness (QED) is 0.630. The van der Waals surface area contributed by atoms with Gasteiger partial charge in [0.15, 0.2) is 0 Å². The number of nitro groups is 1. The van der Waals surface area contributed by atoms with Gasteiger partial charge in [-0.3, -0.25) is 14.9 Å². The molecule has 0 atom stereocenters. The molecule has 104 valence electrons. The number of carbonyl (C=O) groups is 1. The second-order valence-corrected chi connectivity index (χ2v) is 4.45. The smallest absolute Gasteiger partial charge is 0.272 e. The number of benzene rings is 1.